The molecule has 1 aromatic rings. The van der Waals surface area contributed by atoms with E-state index in [1.165, 1.54) is 0 Å². The third-order valence-corrected chi connectivity index (χ3v) is 4.86. The fourth-order valence-electron chi connectivity index (χ4n) is 3.65. The van der Waals surface area contributed by atoms with Crippen LogP contribution in [-0.4, -0.2) is 41.4 Å². The van der Waals surface area contributed by atoms with Crippen molar-refractivity contribution in [2.45, 2.75) is 58.0 Å². The monoisotopic (exact) mass is 363 g/mol. The number of rotatable bonds is 10. The summed E-state index contributed by atoms with van der Waals surface area (Å²) in [5.74, 6) is 0.950. The lowest BCUT2D eigenvalue weighted by Gasteiger charge is -2.24. The molecule has 0 bridgehead atoms. The Hall–Kier alpha value is -2.27. The Bertz CT molecular complexity index is 734. The van der Waals surface area contributed by atoms with Gasteiger partial charge in [0.15, 0.2) is 0 Å². The number of aromatic amines is 2. The number of aliphatic hydroxyl groups is 1. The number of anilines is 2. The molecule has 0 fully saturated rings. The summed E-state index contributed by atoms with van der Waals surface area (Å²) in [7, 11) is 1.83. The van der Waals surface area contributed by atoms with Crippen LogP contribution in [0.1, 0.15) is 51.9 Å². The molecular weight excluding hydrogens is 334 g/mol. The van der Waals surface area contributed by atoms with E-state index in [-0.39, 0.29) is 11.7 Å². The van der Waals surface area contributed by atoms with Crippen LogP contribution in [0.25, 0.3) is 0 Å². The molecule has 0 spiro atoms. The average Bonchev–Trinajstić information content (AvgIpc) is 2.87. The predicted molar refractivity (Wildman–Crippen MR) is 101 cm³/mol. The van der Waals surface area contributed by atoms with Crippen LogP contribution < -0.4 is 21.0 Å². The Balaban J connectivity index is 1.95. The number of aliphatic hydroxyl groups excluding tert-OH is 1. The van der Waals surface area contributed by atoms with Crippen molar-refractivity contribution in [3.8, 4) is 6.07 Å². The van der Waals surface area contributed by atoms with Gasteiger partial charge in [-0.2, -0.15) is 5.26 Å². The second kappa shape index (κ2) is 9.43. The van der Waals surface area contributed by atoms with Gasteiger partial charge in [-0.05, 0) is 32.1 Å². The molecule has 8 heteroatoms. The Kier molecular flexibility index (Phi) is 7.27. The van der Waals surface area contributed by atoms with Crippen molar-refractivity contribution in [2.24, 2.45) is 5.92 Å². The lowest BCUT2D eigenvalue weighted by Crippen LogP contribution is -2.31. The molecule has 2 atom stereocenters. The number of H-pyrrole nitrogens is 2. The summed E-state index contributed by atoms with van der Waals surface area (Å²) in [5, 5.41) is 18.4. The first-order valence-electron chi connectivity index (χ1n) is 9.30. The molecule has 3 N–H and O–H groups in total. The fourth-order valence-corrected chi connectivity index (χ4v) is 3.65. The number of hydrogen-bond acceptors (Lipinski definition) is 6. The van der Waals surface area contributed by atoms with E-state index in [9.17, 15) is 14.7 Å². The molecule has 8 nitrogen and oxygen atoms in total. The first-order chi connectivity index (χ1) is 12.4. The maximum atomic E-state index is 12.0. The van der Waals surface area contributed by atoms with Crippen LogP contribution in [0.3, 0.4) is 0 Å². The lowest BCUT2D eigenvalue weighted by molar-refractivity contribution is 0.154. The van der Waals surface area contributed by atoms with Crippen LogP contribution in [0.15, 0.2) is 9.59 Å². The summed E-state index contributed by atoms with van der Waals surface area (Å²) in [6, 6.07) is 2.16. The number of nitrogens with one attached hydrogen (secondary N) is 2. The highest BCUT2D eigenvalue weighted by Crippen LogP contribution is 2.29. The zero-order valence-corrected chi connectivity index (χ0v) is 15.6. The maximum Gasteiger partial charge on any atom is 0.327 e. The van der Waals surface area contributed by atoms with Crippen molar-refractivity contribution in [1.29, 1.82) is 5.26 Å². The lowest BCUT2D eigenvalue weighted by atomic mass is 9.92. The number of unbranched alkanes of at least 4 members (excludes halogenated alkanes) is 3. The summed E-state index contributed by atoms with van der Waals surface area (Å²) < 4.78 is 0. The van der Waals surface area contributed by atoms with E-state index in [1.807, 2.05) is 16.8 Å². The minimum atomic E-state index is -0.493. The summed E-state index contributed by atoms with van der Waals surface area (Å²) in [4.78, 5) is 32.4. The highest BCUT2D eigenvalue weighted by Gasteiger charge is 2.28. The molecule has 0 aliphatic carbocycles. The average molecular weight is 363 g/mol. The number of nitriles is 1. The molecule has 1 aromatic heterocycles. The molecule has 1 aliphatic heterocycles. The fraction of sp³-hybridized carbons (Fsp3) is 0.722. The van der Waals surface area contributed by atoms with E-state index in [4.69, 9.17) is 5.26 Å². The molecule has 0 radical (unpaired) electrons. The van der Waals surface area contributed by atoms with Crippen molar-refractivity contribution < 1.29 is 5.11 Å². The van der Waals surface area contributed by atoms with Gasteiger partial charge < -0.3 is 14.9 Å². The van der Waals surface area contributed by atoms with Crippen molar-refractivity contribution in [2.75, 3.05) is 30.1 Å². The Morgan fingerprint density at radius 2 is 2.00 bits per heavy atom. The van der Waals surface area contributed by atoms with E-state index in [2.05, 4.69) is 16.0 Å². The maximum absolute atomic E-state index is 12.0. The van der Waals surface area contributed by atoms with E-state index < -0.39 is 5.69 Å². The van der Waals surface area contributed by atoms with Gasteiger partial charge in [0, 0.05) is 20.0 Å². The van der Waals surface area contributed by atoms with Crippen LogP contribution in [0, 0.1) is 17.2 Å². The molecule has 0 saturated carbocycles. The molecule has 0 saturated heterocycles. The first kappa shape index (κ1) is 20.0. The van der Waals surface area contributed by atoms with Crippen LogP contribution in [0.2, 0.25) is 0 Å². The van der Waals surface area contributed by atoms with Crippen LogP contribution in [0.4, 0.5) is 11.5 Å². The van der Waals surface area contributed by atoms with Gasteiger partial charge in [-0.25, -0.2) is 4.79 Å². The summed E-state index contributed by atoms with van der Waals surface area (Å²) in [6.45, 7) is 3.08. The smallest absolute Gasteiger partial charge is 0.327 e. The number of fused-ring (bicyclic) bond motifs is 1. The molecular formula is C18H29N5O3. The number of hydrogen-bond donors (Lipinski definition) is 3. The van der Waals surface area contributed by atoms with Crippen molar-refractivity contribution >= 4 is 11.5 Å². The van der Waals surface area contributed by atoms with Gasteiger partial charge in [0.2, 0.25) is 0 Å². The van der Waals surface area contributed by atoms with Crippen LogP contribution >= 0.6 is 0 Å². The zero-order valence-electron chi connectivity index (χ0n) is 15.6. The Morgan fingerprint density at radius 3 is 2.69 bits per heavy atom. The molecule has 26 heavy (non-hydrogen) atoms. The predicted octanol–water partition coefficient (Wildman–Crippen LogP) is 1.53. The quantitative estimate of drug-likeness (QED) is 0.543. The Labute approximate surface area is 153 Å². The van der Waals surface area contributed by atoms with E-state index in [1.54, 1.807) is 6.92 Å². The minimum absolute atomic E-state index is 0.352. The molecule has 2 rings (SSSR count). The molecule has 0 aromatic carbocycles. The molecule has 2 unspecified atom stereocenters. The SMILES string of the molecule is CC(O)CC(CCCCCC#N)CCN1CN(C)c2c1[nH]c(=O)[nH]c2=O. The minimum Gasteiger partial charge on any atom is -0.393 e. The van der Waals surface area contributed by atoms with Gasteiger partial charge in [0.1, 0.15) is 11.5 Å². The third kappa shape index (κ3) is 5.36. The van der Waals surface area contributed by atoms with E-state index >= 15 is 0 Å². The van der Waals surface area contributed by atoms with Crippen molar-refractivity contribution in [3.63, 3.8) is 0 Å². The number of nitrogens with zero attached hydrogens (tertiary/aromatic N) is 3. The largest absolute Gasteiger partial charge is 0.393 e. The molecule has 0 amide bonds. The third-order valence-electron chi connectivity index (χ3n) is 4.86. The summed E-state index contributed by atoms with van der Waals surface area (Å²) in [5.41, 5.74) is -0.368. The van der Waals surface area contributed by atoms with Crippen molar-refractivity contribution in [3.05, 3.63) is 20.8 Å². The zero-order chi connectivity index (χ0) is 19.1. The second-order valence-electron chi connectivity index (χ2n) is 7.21. The highest BCUT2D eigenvalue weighted by molar-refractivity contribution is 5.70. The Morgan fingerprint density at radius 1 is 1.23 bits per heavy atom. The van der Waals surface area contributed by atoms with Crippen LogP contribution in [-0.2, 0) is 0 Å². The molecule has 2 heterocycles. The van der Waals surface area contributed by atoms with E-state index in [0.29, 0.717) is 37.1 Å². The van der Waals surface area contributed by atoms with E-state index in [0.717, 1.165) is 38.5 Å². The van der Waals surface area contributed by atoms with Gasteiger partial charge in [-0.15, -0.1) is 0 Å². The van der Waals surface area contributed by atoms with Gasteiger partial charge >= 0.3 is 5.69 Å². The van der Waals surface area contributed by atoms with Crippen molar-refractivity contribution in [1.82, 2.24) is 9.97 Å². The van der Waals surface area contributed by atoms with Gasteiger partial charge in [-0.3, -0.25) is 14.8 Å². The standard InChI is InChI=1S/C18H29N5O3/c1-13(24)11-14(7-5-3-4-6-9-19)8-10-23-12-22(2)15-16(23)20-18(26)21-17(15)25/h13-14,24H,3-8,10-12H2,1-2H3,(H2,20,21,25,26). The number of aromatic nitrogens is 2. The van der Waals surface area contributed by atoms with Gasteiger partial charge in [0.25, 0.3) is 5.56 Å². The highest BCUT2D eigenvalue weighted by atomic mass is 16.3. The van der Waals surface area contributed by atoms with Gasteiger partial charge in [0.05, 0.1) is 18.8 Å². The topological polar surface area (TPSA) is 116 Å². The van der Waals surface area contributed by atoms with Gasteiger partial charge in [-0.1, -0.05) is 19.3 Å². The molecule has 1 aliphatic rings. The normalized spacial score (nSPS) is 15.6. The summed E-state index contributed by atoms with van der Waals surface area (Å²) >= 11 is 0. The molecule has 144 valence electrons. The first-order valence-corrected chi connectivity index (χ1v) is 9.30. The summed E-state index contributed by atoms with van der Waals surface area (Å²) in [6.07, 6.45) is 5.88. The second-order valence-corrected chi connectivity index (χ2v) is 7.21. The van der Waals surface area contributed by atoms with Crippen LogP contribution in [0.5, 0.6) is 0 Å².